The van der Waals surface area contributed by atoms with Crippen molar-refractivity contribution in [3.63, 3.8) is 0 Å². The maximum Gasteiger partial charge on any atom is 0.692 e. The summed E-state index contributed by atoms with van der Waals surface area (Å²) in [6, 6.07) is 0. The molecule has 0 aromatic rings. The molecule has 4 aliphatic carbocycles. The van der Waals surface area contributed by atoms with Gasteiger partial charge in [-0.3, -0.25) is 42.5 Å². The van der Waals surface area contributed by atoms with E-state index < -0.39 is 33.0 Å². The van der Waals surface area contributed by atoms with Crippen molar-refractivity contribution in [3.05, 3.63) is 0 Å². The maximum atomic E-state index is 8.70. The van der Waals surface area contributed by atoms with Crippen LogP contribution < -0.4 is 42.5 Å². The number of hydrogen-bond acceptors (Lipinski definition) is 12. The quantitative estimate of drug-likeness (QED) is 0.152. The minimum absolute atomic E-state index is 0.420. The third-order valence-corrected chi connectivity index (χ3v) is 13.8. The SMILES string of the molecule is C1CCC2C3NC(NC4NC(NC5NC(NC6NC(N3)C3CCCCC63)C3CCCCC53)C3CCCCC43)C2C1.O=[P+](O)O.O=[P+](O)O.O=[P+](O)O.O=[P+](O)O. The van der Waals surface area contributed by atoms with Crippen LogP contribution in [0.5, 0.6) is 0 Å². The minimum atomic E-state index is -2.87. The number of fused-ring (bicyclic) bond motifs is 20. The van der Waals surface area contributed by atoms with Crippen LogP contribution >= 0.6 is 33.0 Å². The lowest BCUT2D eigenvalue weighted by molar-refractivity contribution is 0.167. The molecular weight excluding hydrogens is 812 g/mol. The zero-order valence-electron chi connectivity index (χ0n) is 31.6. The molecule has 9 fully saturated rings. The molecule has 0 spiro atoms. The summed E-state index contributed by atoms with van der Waals surface area (Å²) in [5.74, 6) is 5.97. The Morgan fingerprint density at radius 1 is 0.250 bits per heavy atom. The number of nitrogens with one attached hydrogen (secondary N) is 8. The average Bonchev–Trinajstić information content (AvgIpc) is 3.87. The second kappa shape index (κ2) is 22.6. The Kier molecular flexibility index (Phi) is 18.9. The van der Waals surface area contributed by atoms with E-state index in [0.29, 0.717) is 49.3 Å². The first-order valence-electron chi connectivity index (χ1n) is 20.2. The topological polar surface area (TPSA) is 326 Å². The van der Waals surface area contributed by atoms with Gasteiger partial charge in [0.25, 0.3) is 0 Å². The second-order valence-corrected chi connectivity index (χ2v) is 18.6. The Bertz CT molecular complexity index is 1070. The van der Waals surface area contributed by atoms with Gasteiger partial charge >= 0.3 is 33.0 Å². The highest BCUT2D eigenvalue weighted by molar-refractivity contribution is 7.31. The van der Waals surface area contributed by atoms with Crippen LogP contribution in [0.3, 0.4) is 0 Å². The van der Waals surface area contributed by atoms with E-state index in [2.05, 4.69) is 42.5 Å². The fraction of sp³-hybridized carbons (Fsp3) is 1.00. The highest BCUT2D eigenvalue weighted by Crippen LogP contribution is 2.45. The van der Waals surface area contributed by atoms with Crippen LogP contribution in [0.15, 0.2) is 0 Å². The molecule has 9 rings (SSSR count). The van der Waals surface area contributed by atoms with Crippen LogP contribution in [0.25, 0.3) is 0 Å². The molecular formula is C32H64N8O12P4+4. The number of hydrogen-bond donors (Lipinski definition) is 16. The molecule has 9 aliphatic rings. The van der Waals surface area contributed by atoms with Crippen molar-refractivity contribution in [2.45, 2.75) is 152 Å². The lowest BCUT2D eigenvalue weighted by Crippen LogP contribution is -2.61. The molecule has 0 aromatic carbocycles. The summed E-state index contributed by atoms with van der Waals surface area (Å²) in [5.41, 5.74) is 0. The van der Waals surface area contributed by atoms with Gasteiger partial charge in [-0.25, -0.2) is 0 Å². The Morgan fingerprint density at radius 2 is 0.339 bits per heavy atom. The Labute approximate surface area is 331 Å². The second-order valence-electron chi connectivity index (χ2n) is 16.6. The third kappa shape index (κ3) is 12.9. The Morgan fingerprint density at radius 3 is 0.429 bits per heavy atom. The minimum Gasteiger partial charge on any atom is -0.286 e. The highest BCUT2D eigenvalue weighted by atomic mass is 31.1. The van der Waals surface area contributed by atoms with E-state index in [1.54, 1.807) is 0 Å². The van der Waals surface area contributed by atoms with Gasteiger partial charge in [0.2, 0.25) is 0 Å². The van der Waals surface area contributed by atoms with Gasteiger partial charge in [0.05, 0.1) is 49.3 Å². The number of rotatable bonds is 0. The van der Waals surface area contributed by atoms with Crippen molar-refractivity contribution in [3.8, 4) is 0 Å². The molecule has 8 bridgehead atoms. The van der Waals surface area contributed by atoms with E-state index in [0.717, 1.165) is 47.3 Å². The average molecular weight is 877 g/mol. The van der Waals surface area contributed by atoms with E-state index >= 15 is 0 Å². The molecule has 0 radical (unpaired) electrons. The van der Waals surface area contributed by atoms with Gasteiger partial charge in [-0.1, -0.05) is 51.4 Å². The Hall–Kier alpha value is -0.240. The summed E-state index contributed by atoms with van der Waals surface area (Å²) in [5, 5.41) is 33.8. The summed E-state index contributed by atoms with van der Waals surface area (Å²) < 4.78 is 34.8. The fourth-order valence-corrected chi connectivity index (χ4v) is 12.0. The molecule has 5 saturated heterocycles. The van der Waals surface area contributed by atoms with Gasteiger partial charge in [-0.05, 0) is 98.7 Å². The molecule has 56 heavy (non-hydrogen) atoms. The summed E-state index contributed by atoms with van der Waals surface area (Å²) >= 11 is 0. The molecule has 8 atom stereocenters. The van der Waals surface area contributed by atoms with Crippen molar-refractivity contribution in [2.24, 2.45) is 47.3 Å². The highest BCUT2D eigenvalue weighted by Gasteiger charge is 2.54. The molecule has 0 amide bonds. The Balaban J connectivity index is 0.000000323. The zero-order chi connectivity index (χ0) is 40.5. The molecule has 20 nitrogen and oxygen atoms in total. The van der Waals surface area contributed by atoms with Crippen LogP contribution in [0.2, 0.25) is 0 Å². The van der Waals surface area contributed by atoms with E-state index in [1.165, 1.54) is 103 Å². The predicted molar refractivity (Wildman–Crippen MR) is 205 cm³/mol. The van der Waals surface area contributed by atoms with Gasteiger partial charge in [0.1, 0.15) is 0 Å². The first kappa shape index (κ1) is 46.8. The van der Waals surface area contributed by atoms with Crippen molar-refractivity contribution in [1.29, 1.82) is 0 Å². The van der Waals surface area contributed by atoms with Crippen molar-refractivity contribution < 1.29 is 57.4 Å². The molecule has 24 heteroatoms. The van der Waals surface area contributed by atoms with Crippen LogP contribution in [-0.4, -0.2) is 88.5 Å². The molecule has 320 valence electrons. The normalized spacial score (nSPS) is 43.0. The smallest absolute Gasteiger partial charge is 0.286 e. The van der Waals surface area contributed by atoms with Crippen LogP contribution in [-0.2, 0) is 18.3 Å². The van der Waals surface area contributed by atoms with Gasteiger partial charge in [-0.15, -0.1) is 39.1 Å². The van der Waals surface area contributed by atoms with Gasteiger partial charge in [0, 0.05) is 18.3 Å². The predicted octanol–water partition coefficient (Wildman–Crippen LogP) is 1.12. The maximum absolute atomic E-state index is 8.70. The van der Waals surface area contributed by atoms with E-state index in [4.69, 9.17) is 57.4 Å². The summed E-state index contributed by atoms with van der Waals surface area (Å²) in [6.45, 7) is 0. The first-order chi connectivity index (χ1) is 26.7. The molecule has 5 heterocycles. The summed E-state index contributed by atoms with van der Waals surface area (Å²) in [4.78, 5) is 57.0. The van der Waals surface area contributed by atoms with Crippen molar-refractivity contribution in [2.75, 3.05) is 0 Å². The monoisotopic (exact) mass is 876 g/mol. The summed E-state index contributed by atoms with van der Waals surface area (Å²) in [6.07, 6.45) is 25.6. The van der Waals surface area contributed by atoms with Crippen molar-refractivity contribution >= 4 is 33.0 Å². The molecule has 0 aromatic heterocycles. The molecule has 4 saturated carbocycles. The molecule has 16 N–H and O–H groups in total. The van der Waals surface area contributed by atoms with Gasteiger partial charge in [-0.2, -0.15) is 0 Å². The van der Waals surface area contributed by atoms with Crippen LogP contribution in [0.1, 0.15) is 103 Å². The van der Waals surface area contributed by atoms with Crippen LogP contribution in [0.4, 0.5) is 0 Å². The van der Waals surface area contributed by atoms with E-state index in [9.17, 15) is 0 Å². The van der Waals surface area contributed by atoms with Gasteiger partial charge in [0.15, 0.2) is 0 Å². The van der Waals surface area contributed by atoms with Crippen molar-refractivity contribution in [1.82, 2.24) is 42.5 Å². The third-order valence-electron chi connectivity index (χ3n) is 13.8. The zero-order valence-corrected chi connectivity index (χ0v) is 35.1. The summed E-state index contributed by atoms with van der Waals surface area (Å²) in [7, 11) is -11.5. The van der Waals surface area contributed by atoms with E-state index in [-0.39, 0.29) is 0 Å². The molecule has 5 aliphatic heterocycles. The van der Waals surface area contributed by atoms with Crippen LogP contribution in [0, 0.1) is 47.3 Å². The molecule has 8 unspecified atom stereocenters. The van der Waals surface area contributed by atoms with Gasteiger partial charge < -0.3 is 0 Å². The standard InChI is InChI=1S/C32H56N8.4HO3P/c1-2-10-18-17(9-1)25-33-26(18)38-28-21-13-5-6-14-22(21)30(35-28)40-32-24-16-8-7-15-23(24)31(36-32)39-29-20-12-4-3-11-19(20)27(34-29)37-25;4*1-4(2)3/h17-40H,1-16H2;4*(H-,1,2,3)/p+4. The van der Waals surface area contributed by atoms with E-state index in [1.807, 2.05) is 0 Å². The fourth-order valence-electron chi connectivity index (χ4n) is 12.0. The first-order valence-corrected chi connectivity index (χ1v) is 24.9. The lowest BCUT2D eigenvalue weighted by Gasteiger charge is -2.35. The largest absolute Gasteiger partial charge is 0.692 e. The lowest BCUT2D eigenvalue weighted by atomic mass is 9.76.